The lowest BCUT2D eigenvalue weighted by atomic mass is 10.1. The summed E-state index contributed by atoms with van der Waals surface area (Å²) in [6, 6.07) is 2.29. The van der Waals surface area contributed by atoms with Gasteiger partial charge in [-0.15, -0.1) is 0 Å². The zero-order valence-electron chi connectivity index (χ0n) is 8.14. The van der Waals surface area contributed by atoms with Gasteiger partial charge in [-0.3, -0.25) is 0 Å². The van der Waals surface area contributed by atoms with Crippen LogP contribution in [0.2, 0.25) is 0 Å². The molecule has 1 unspecified atom stereocenters. The van der Waals surface area contributed by atoms with Crippen molar-refractivity contribution in [3.8, 4) is 0 Å². The standard InChI is InChI=1S/C10H16BrNO/c1-3-5-9(12-4-2)10-8(11)6-7-13-10/h6-7,9,12H,3-5H2,1-2H3. The second-order valence-electron chi connectivity index (χ2n) is 3.03. The summed E-state index contributed by atoms with van der Waals surface area (Å²) in [5.41, 5.74) is 0. The summed E-state index contributed by atoms with van der Waals surface area (Å²) in [6.07, 6.45) is 3.99. The molecule has 3 heteroatoms. The van der Waals surface area contributed by atoms with E-state index in [0.717, 1.165) is 29.6 Å². The molecule has 0 fully saturated rings. The lowest BCUT2D eigenvalue weighted by Gasteiger charge is -2.14. The third kappa shape index (κ3) is 2.85. The summed E-state index contributed by atoms with van der Waals surface area (Å²) >= 11 is 3.47. The Morgan fingerprint density at radius 1 is 1.54 bits per heavy atom. The van der Waals surface area contributed by atoms with Gasteiger partial charge in [0.25, 0.3) is 0 Å². The van der Waals surface area contributed by atoms with Gasteiger partial charge in [0.1, 0.15) is 5.76 Å². The van der Waals surface area contributed by atoms with Gasteiger partial charge in [-0.05, 0) is 35.0 Å². The van der Waals surface area contributed by atoms with Crippen molar-refractivity contribution in [1.29, 1.82) is 0 Å². The summed E-state index contributed by atoms with van der Waals surface area (Å²) in [5, 5.41) is 3.40. The first-order valence-electron chi connectivity index (χ1n) is 4.75. The van der Waals surface area contributed by atoms with E-state index in [4.69, 9.17) is 4.42 Å². The van der Waals surface area contributed by atoms with Crippen molar-refractivity contribution in [3.05, 3.63) is 22.6 Å². The molecule has 1 heterocycles. The fraction of sp³-hybridized carbons (Fsp3) is 0.600. The van der Waals surface area contributed by atoms with Crippen LogP contribution in [0.5, 0.6) is 0 Å². The van der Waals surface area contributed by atoms with Gasteiger partial charge in [-0.2, -0.15) is 0 Å². The molecule has 1 aromatic rings. The SMILES string of the molecule is CCCC(NCC)c1occc1Br. The molecular formula is C10H16BrNO. The first-order valence-corrected chi connectivity index (χ1v) is 5.55. The fourth-order valence-corrected chi connectivity index (χ4v) is 1.89. The molecule has 1 rings (SSSR count). The third-order valence-corrected chi connectivity index (χ3v) is 2.64. The zero-order valence-corrected chi connectivity index (χ0v) is 9.73. The maximum absolute atomic E-state index is 5.42. The molecular weight excluding hydrogens is 230 g/mol. The summed E-state index contributed by atoms with van der Waals surface area (Å²) in [5.74, 6) is 1.02. The number of furan rings is 1. The quantitative estimate of drug-likeness (QED) is 0.860. The maximum Gasteiger partial charge on any atom is 0.134 e. The number of halogens is 1. The predicted molar refractivity (Wildman–Crippen MR) is 57.7 cm³/mol. The molecule has 0 saturated carbocycles. The topological polar surface area (TPSA) is 25.2 Å². The highest BCUT2D eigenvalue weighted by molar-refractivity contribution is 9.10. The lowest BCUT2D eigenvalue weighted by Crippen LogP contribution is -2.20. The van der Waals surface area contributed by atoms with Gasteiger partial charge in [-0.1, -0.05) is 20.3 Å². The Morgan fingerprint density at radius 2 is 2.31 bits per heavy atom. The summed E-state index contributed by atoms with van der Waals surface area (Å²) in [6.45, 7) is 5.26. The first kappa shape index (κ1) is 10.8. The Labute approximate surface area is 87.8 Å². The molecule has 13 heavy (non-hydrogen) atoms. The van der Waals surface area contributed by atoms with Gasteiger partial charge < -0.3 is 9.73 Å². The van der Waals surface area contributed by atoms with Gasteiger partial charge in [0.15, 0.2) is 0 Å². The van der Waals surface area contributed by atoms with Crippen molar-refractivity contribution in [3.63, 3.8) is 0 Å². The molecule has 0 aliphatic heterocycles. The van der Waals surface area contributed by atoms with Gasteiger partial charge in [-0.25, -0.2) is 0 Å². The van der Waals surface area contributed by atoms with Crippen LogP contribution in [0.4, 0.5) is 0 Å². The number of hydrogen-bond acceptors (Lipinski definition) is 2. The molecule has 2 nitrogen and oxygen atoms in total. The van der Waals surface area contributed by atoms with Gasteiger partial charge in [0.2, 0.25) is 0 Å². The minimum absolute atomic E-state index is 0.347. The fourth-order valence-electron chi connectivity index (χ4n) is 1.41. The molecule has 0 saturated heterocycles. The smallest absolute Gasteiger partial charge is 0.134 e. The minimum atomic E-state index is 0.347. The van der Waals surface area contributed by atoms with Crippen molar-refractivity contribution in [2.24, 2.45) is 0 Å². The number of hydrogen-bond donors (Lipinski definition) is 1. The monoisotopic (exact) mass is 245 g/mol. The summed E-state index contributed by atoms with van der Waals surface area (Å²) in [7, 11) is 0. The van der Waals surface area contributed by atoms with E-state index in [-0.39, 0.29) is 0 Å². The molecule has 1 atom stereocenters. The van der Waals surface area contributed by atoms with E-state index in [1.165, 1.54) is 0 Å². The van der Waals surface area contributed by atoms with Crippen molar-refractivity contribution >= 4 is 15.9 Å². The van der Waals surface area contributed by atoms with E-state index >= 15 is 0 Å². The van der Waals surface area contributed by atoms with Crippen molar-refractivity contribution in [1.82, 2.24) is 5.32 Å². The average molecular weight is 246 g/mol. The normalized spacial score (nSPS) is 13.2. The Balaban J connectivity index is 2.69. The Kier molecular flexibility index (Phi) is 4.53. The van der Waals surface area contributed by atoms with Crippen LogP contribution in [-0.4, -0.2) is 6.54 Å². The molecule has 0 bridgehead atoms. The highest BCUT2D eigenvalue weighted by atomic mass is 79.9. The second kappa shape index (κ2) is 5.45. The van der Waals surface area contributed by atoms with E-state index in [9.17, 15) is 0 Å². The van der Waals surface area contributed by atoms with Crippen LogP contribution in [-0.2, 0) is 0 Å². The first-order chi connectivity index (χ1) is 6.29. The second-order valence-corrected chi connectivity index (χ2v) is 3.89. The lowest BCUT2D eigenvalue weighted by molar-refractivity contribution is 0.397. The molecule has 0 spiro atoms. The van der Waals surface area contributed by atoms with Crippen molar-refractivity contribution in [2.45, 2.75) is 32.7 Å². The average Bonchev–Trinajstić information content (AvgIpc) is 2.51. The molecule has 0 amide bonds. The Hall–Kier alpha value is -0.280. The van der Waals surface area contributed by atoms with Crippen LogP contribution in [0.3, 0.4) is 0 Å². The van der Waals surface area contributed by atoms with E-state index in [2.05, 4.69) is 35.1 Å². The zero-order chi connectivity index (χ0) is 9.68. The van der Waals surface area contributed by atoms with Crippen LogP contribution in [0.25, 0.3) is 0 Å². The van der Waals surface area contributed by atoms with Gasteiger partial charge in [0, 0.05) is 0 Å². The van der Waals surface area contributed by atoms with E-state index in [1.807, 2.05) is 6.07 Å². The summed E-state index contributed by atoms with van der Waals surface area (Å²) < 4.78 is 6.48. The van der Waals surface area contributed by atoms with Gasteiger partial charge >= 0.3 is 0 Å². The Morgan fingerprint density at radius 3 is 2.77 bits per heavy atom. The minimum Gasteiger partial charge on any atom is -0.466 e. The van der Waals surface area contributed by atoms with Crippen LogP contribution < -0.4 is 5.32 Å². The predicted octanol–water partition coefficient (Wildman–Crippen LogP) is 3.49. The number of rotatable bonds is 5. The van der Waals surface area contributed by atoms with Crippen LogP contribution in [0, 0.1) is 0 Å². The van der Waals surface area contributed by atoms with Crippen LogP contribution >= 0.6 is 15.9 Å². The molecule has 0 aromatic carbocycles. The van der Waals surface area contributed by atoms with Crippen molar-refractivity contribution in [2.75, 3.05) is 6.54 Å². The van der Waals surface area contributed by atoms with E-state index in [0.29, 0.717) is 6.04 Å². The third-order valence-electron chi connectivity index (χ3n) is 1.99. The maximum atomic E-state index is 5.42. The highest BCUT2D eigenvalue weighted by Gasteiger charge is 2.15. The molecule has 0 aliphatic carbocycles. The largest absolute Gasteiger partial charge is 0.466 e. The van der Waals surface area contributed by atoms with E-state index < -0.39 is 0 Å². The highest BCUT2D eigenvalue weighted by Crippen LogP contribution is 2.27. The molecule has 1 aromatic heterocycles. The molecule has 74 valence electrons. The Bertz CT molecular complexity index is 241. The van der Waals surface area contributed by atoms with Crippen molar-refractivity contribution < 1.29 is 4.42 Å². The molecule has 1 N–H and O–H groups in total. The van der Waals surface area contributed by atoms with E-state index in [1.54, 1.807) is 6.26 Å². The van der Waals surface area contributed by atoms with Crippen LogP contribution in [0.1, 0.15) is 38.5 Å². The molecule has 0 radical (unpaired) electrons. The summed E-state index contributed by atoms with van der Waals surface area (Å²) in [4.78, 5) is 0. The van der Waals surface area contributed by atoms with Crippen LogP contribution in [0.15, 0.2) is 21.2 Å². The molecule has 0 aliphatic rings. The van der Waals surface area contributed by atoms with Gasteiger partial charge in [0.05, 0.1) is 16.8 Å². The number of nitrogens with one attached hydrogen (secondary N) is 1.